The third-order valence-corrected chi connectivity index (χ3v) is 5.51. The molecule has 2 N–H and O–H groups in total. The largest absolute Gasteiger partial charge is 0.346 e. The lowest BCUT2D eigenvalue weighted by Crippen LogP contribution is -2.22. The minimum Gasteiger partial charge on any atom is -0.346 e. The lowest BCUT2D eigenvalue weighted by atomic mass is 10.2. The van der Waals surface area contributed by atoms with E-state index in [9.17, 15) is 4.79 Å². The molecule has 0 radical (unpaired) electrons. The Hall–Kier alpha value is -3.58. The molecule has 4 aromatic rings. The topological polar surface area (TPSA) is 79.8 Å². The fraction of sp³-hybridized carbons (Fsp3) is 0.167. The summed E-state index contributed by atoms with van der Waals surface area (Å²) in [6.45, 7) is 4.26. The van der Waals surface area contributed by atoms with Crippen molar-refractivity contribution in [3.8, 4) is 0 Å². The average molecular weight is 430 g/mol. The number of carbonyl (C=O) groups is 1. The van der Waals surface area contributed by atoms with E-state index < -0.39 is 0 Å². The van der Waals surface area contributed by atoms with Gasteiger partial charge in [-0.25, -0.2) is 15.0 Å². The molecule has 6 nitrogen and oxygen atoms in total. The molecule has 0 bridgehead atoms. The van der Waals surface area contributed by atoms with E-state index in [-0.39, 0.29) is 5.91 Å². The second-order valence-corrected chi connectivity index (χ2v) is 8.20. The summed E-state index contributed by atoms with van der Waals surface area (Å²) in [5.74, 6) is 0.413. The highest BCUT2D eigenvalue weighted by Gasteiger charge is 2.08. The first-order valence-corrected chi connectivity index (χ1v) is 10.9. The molecule has 0 aliphatic carbocycles. The summed E-state index contributed by atoms with van der Waals surface area (Å²) in [5, 5.41) is 9.14. The quantitative estimate of drug-likeness (QED) is 0.440. The summed E-state index contributed by atoms with van der Waals surface area (Å²) >= 11 is 1.61. The van der Waals surface area contributed by atoms with Crippen LogP contribution in [0.5, 0.6) is 0 Å². The summed E-state index contributed by atoms with van der Waals surface area (Å²) in [6.07, 6.45) is 0.804. The van der Waals surface area contributed by atoms with E-state index in [1.54, 1.807) is 23.5 Å². The smallest absolute Gasteiger partial charge is 0.251 e. The Morgan fingerprint density at radius 3 is 2.35 bits per heavy atom. The third kappa shape index (κ3) is 5.73. The molecule has 0 saturated heterocycles. The predicted octanol–water partition coefficient (Wildman–Crippen LogP) is 4.81. The zero-order valence-corrected chi connectivity index (χ0v) is 18.2. The summed E-state index contributed by atoms with van der Waals surface area (Å²) in [4.78, 5) is 25.9. The number of thiazole rings is 1. The van der Waals surface area contributed by atoms with Gasteiger partial charge in [0.15, 0.2) is 0 Å². The summed E-state index contributed by atoms with van der Waals surface area (Å²) in [7, 11) is 0. The number of hydrogen-bond donors (Lipinski definition) is 2. The molecule has 7 heteroatoms. The van der Waals surface area contributed by atoms with Crippen molar-refractivity contribution in [1.82, 2.24) is 20.3 Å². The van der Waals surface area contributed by atoms with E-state index >= 15 is 0 Å². The Bertz CT molecular complexity index is 1150. The van der Waals surface area contributed by atoms with Crippen molar-refractivity contribution in [1.29, 1.82) is 0 Å². The van der Waals surface area contributed by atoms with Gasteiger partial charge in [0.1, 0.15) is 0 Å². The van der Waals surface area contributed by atoms with Gasteiger partial charge in [-0.3, -0.25) is 4.79 Å². The highest BCUT2D eigenvalue weighted by atomic mass is 32.1. The second kappa shape index (κ2) is 9.49. The number of nitrogens with one attached hydrogen (secondary N) is 2. The van der Waals surface area contributed by atoms with Crippen molar-refractivity contribution in [2.45, 2.75) is 26.8 Å². The van der Waals surface area contributed by atoms with Gasteiger partial charge in [0, 0.05) is 34.4 Å². The number of rotatable bonds is 7. The van der Waals surface area contributed by atoms with Gasteiger partial charge >= 0.3 is 0 Å². The van der Waals surface area contributed by atoms with Gasteiger partial charge < -0.3 is 10.6 Å². The maximum Gasteiger partial charge on any atom is 0.251 e. The Kier molecular flexibility index (Phi) is 6.33. The van der Waals surface area contributed by atoms with Crippen molar-refractivity contribution in [2.75, 3.05) is 5.32 Å². The molecule has 0 unspecified atom stereocenters. The monoisotopic (exact) mass is 429 g/mol. The molecule has 2 heterocycles. The van der Waals surface area contributed by atoms with Crippen LogP contribution in [0.25, 0.3) is 0 Å². The molecular formula is C24H23N5OS. The van der Waals surface area contributed by atoms with E-state index in [1.807, 2.05) is 55.6 Å². The number of amides is 1. The van der Waals surface area contributed by atoms with E-state index in [0.29, 0.717) is 18.1 Å². The lowest BCUT2D eigenvalue weighted by Gasteiger charge is -2.08. The number of anilines is 2. The van der Waals surface area contributed by atoms with Gasteiger partial charge in [-0.2, -0.15) is 0 Å². The summed E-state index contributed by atoms with van der Waals surface area (Å²) < 4.78 is 0. The predicted molar refractivity (Wildman–Crippen MR) is 124 cm³/mol. The number of aromatic nitrogens is 3. The van der Waals surface area contributed by atoms with Gasteiger partial charge in [0.05, 0.1) is 17.2 Å². The van der Waals surface area contributed by atoms with Crippen molar-refractivity contribution in [2.24, 2.45) is 0 Å². The van der Waals surface area contributed by atoms with Crippen LogP contribution in [0.2, 0.25) is 0 Å². The van der Waals surface area contributed by atoms with Gasteiger partial charge in [-0.15, -0.1) is 11.3 Å². The van der Waals surface area contributed by atoms with Gasteiger partial charge in [-0.1, -0.05) is 30.3 Å². The Labute approximate surface area is 185 Å². The highest BCUT2D eigenvalue weighted by Crippen LogP contribution is 2.16. The first kappa shape index (κ1) is 20.7. The standard InChI is InChI=1S/C24H23N5OS/c1-16-12-17(2)27-24(26-16)29-20-10-8-19(9-11-20)23(30)25-14-21-15-31-22(28-21)13-18-6-4-3-5-7-18/h3-12,15H,13-14H2,1-2H3,(H,25,30)(H,26,27,29). The zero-order valence-electron chi connectivity index (χ0n) is 17.4. The zero-order chi connectivity index (χ0) is 21.6. The molecule has 0 aliphatic rings. The normalized spacial score (nSPS) is 10.6. The lowest BCUT2D eigenvalue weighted by molar-refractivity contribution is 0.0950. The molecule has 0 saturated carbocycles. The Balaban J connectivity index is 1.32. The van der Waals surface area contributed by atoms with Gasteiger partial charge in [0.2, 0.25) is 5.95 Å². The van der Waals surface area contributed by atoms with Crippen LogP contribution in [0.1, 0.15) is 38.0 Å². The Morgan fingerprint density at radius 2 is 1.65 bits per heavy atom. The Morgan fingerprint density at radius 1 is 0.935 bits per heavy atom. The van der Waals surface area contributed by atoms with Crippen LogP contribution in [0.4, 0.5) is 11.6 Å². The van der Waals surface area contributed by atoms with Crippen LogP contribution in [0.15, 0.2) is 66.0 Å². The number of nitrogens with zero attached hydrogens (tertiary/aromatic N) is 3. The number of aryl methyl sites for hydroxylation is 2. The van der Waals surface area contributed by atoms with E-state index in [4.69, 9.17) is 0 Å². The van der Waals surface area contributed by atoms with Crippen molar-refractivity contribution < 1.29 is 4.79 Å². The fourth-order valence-electron chi connectivity index (χ4n) is 3.17. The van der Waals surface area contributed by atoms with Crippen LogP contribution in [-0.2, 0) is 13.0 Å². The average Bonchev–Trinajstić information content (AvgIpc) is 3.20. The second-order valence-electron chi connectivity index (χ2n) is 7.25. The minimum atomic E-state index is -0.133. The van der Waals surface area contributed by atoms with Crippen molar-refractivity contribution in [3.63, 3.8) is 0 Å². The number of hydrogen-bond acceptors (Lipinski definition) is 6. The van der Waals surface area contributed by atoms with Crippen LogP contribution in [0, 0.1) is 13.8 Å². The molecule has 0 fully saturated rings. The molecule has 31 heavy (non-hydrogen) atoms. The van der Waals surface area contributed by atoms with E-state index in [1.165, 1.54) is 5.56 Å². The third-order valence-electron chi connectivity index (χ3n) is 4.61. The summed E-state index contributed by atoms with van der Waals surface area (Å²) in [5.41, 5.74) is 5.32. The number of carbonyl (C=O) groups excluding carboxylic acids is 1. The van der Waals surface area contributed by atoms with Crippen LogP contribution >= 0.6 is 11.3 Å². The van der Waals surface area contributed by atoms with Crippen LogP contribution in [-0.4, -0.2) is 20.9 Å². The fourth-order valence-corrected chi connectivity index (χ4v) is 4.00. The highest BCUT2D eigenvalue weighted by molar-refractivity contribution is 7.09. The molecular weight excluding hydrogens is 406 g/mol. The number of benzene rings is 2. The van der Waals surface area contributed by atoms with E-state index in [2.05, 4.69) is 37.7 Å². The minimum absolute atomic E-state index is 0.133. The molecule has 4 rings (SSSR count). The maximum absolute atomic E-state index is 12.5. The maximum atomic E-state index is 12.5. The summed E-state index contributed by atoms with van der Waals surface area (Å²) in [6, 6.07) is 19.4. The van der Waals surface area contributed by atoms with Gasteiger partial charge in [0.25, 0.3) is 5.91 Å². The van der Waals surface area contributed by atoms with Crippen molar-refractivity contribution in [3.05, 3.63) is 99.3 Å². The molecule has 0 atom stereocenters. The molecule has 0 spiro atoms. The first-order valence-electron chi connectivity index (χ1n) is 10.00. The SMILES string of the molecule is Cc1cc(C)nc(Nc2ccc(C(=O)NCc3csc(Cc4ccccc4)n3)cc2)n1. The van der Waals surface area contributed by atoms with Crippen LogP contribution in [0.3, 0.4) is 0 Å². The molecule has 1 amide bonds. The first-order chi connectivity index (χ1) is 15.0. The van der Waals surface area contributed by atoms with Crippen molar-refractivity contribution >= 4 is 28.9 Å². The molecule has 0 aliphatic heterocycles. The van der Waals surface area contributed by atoms with Crippen LogP contribution < -0.4 is 10.6 Å². The van der Waals surface area contributed by atoms with Gasteiger partial charge in [-0.05, 0) is 49.7 Å². The van der Waals surface area contributed by atoms with E-state index in [0.717, 1.165) is 34.2 Å². The molecule has 156 valence electrons. The molecule has 2 aromatic heterocycles. The molecule has 2 aromatic carbocycles.